The molecule has 2 atom stereocenters. The lowest BCUT2D eigenvalue weighted by molar-refractivity contribution is -0.138. The Morgan fingerprint density at radius 3 is 2.42 bits per heavy atom. The van der Waals surface area contributed by atoms with Crippen molar-refractivity contribution >= 4 is 52.6 Å². The number of rotatable bonds is 5. The Hall–Kier alpha value is -0.973. The number of anilines is 1. The Morgan fingerprint density at radius 1 is 1.21 bits per heavy atom. The summed E-state index contributed by atoms with van der Waals surface area (Å²) in [6, 6.07) is 0.866. The quantitative estimate of drug-likeness (QED) is 0.209. The molecule has 0 saturated heterocycles. The standard InChI is InChI=1S/C22H29BrClF4N3OSi/c1-21(2,3)33(5,6)32-11-12-8-7-9-15(12)31(4)19-13-10-14(22(26,27)28)16(23)17(25)18(13)29-20(24)30-19/h10,12,15H,7-9,11H2,1-6H3/t12-,15+/m1/s1. The van der Waals surface area contributed by atoms with E-state index in [1.165, 1.54) is 0 Å². The Bertz CT molecular complexity index is 1050. The van der Waals surface area contributed by atoms with Gasteiger partial charge in [0.25, 0.3) is 0 Å². The van der Waals surface area contributed by atoms with Crippen molar-refractivity contribution in [3.8, 4) is 0 Å². The van der Waals surface area contributed by atoms with Crippen LogP contribution in [0.5, 0.6) is 0 Å². The fourth-order valence-corrected chi connectivity index (χ4v) is 5.80. The second-order valence-electron chi connectivity index (χ2n) is 10.2. The smallest absolute Gasteiger partial charge is 0.416 e. The molecule has 0 spiro atoms. The van der Waals surface area contributed by atoms with Gasteiger partial charge in [0.1, 0.15) is 11.3 Å². The van der Waals surface area contributed by atoms with Crippen LogP contribution in [0.3, 0.4) is 0 Å². The van der Waals surface area contributed by atoms with Crippen LogP contribution in [-0.2, 0) is 10.6 Å². The van der Waals surface area contributed by atoms with E-state index >= 15 is 0 Å². The summed E-state index contributed by atoms with van der Waals surface area (Å²) in [4.78, 5) is 9.92. The Balaban J connectivity index is 2.00. The zero-order valence-corrected chi connectivity index (χ0v) is 22.9. The first-order valence-electron chi connectivity index (χ1n) is 10.8. The molecule has 0 N–H and O–H groups in total. The second kappa shape index (κ2) is 9.24. The van der Waals surface area contributed by atoms with Gasteiger partial charge in [-0.1, -0.05) is 27.2 Å². The summed E-state index contributed by atoms with van der Waals surface area (Å²) in [7, 11) is -0.191. The number of hydrogen-bond acceptors (Lipinski definition) is 4. The average molecular weight is 571 g/mol. The molecule has 33 heavy (non-hydrogen) atoms. The van der Waals surface area contributed by atoms with Crippen LogP contribution in [0.4, 0.5) is 23.4 Å². The number of fused-ring (bicyclic) bond motifs is 1. The van der Waals surface area contributed by atoms with Crippen LogP contribution in [-0.4, -0.2) is 38.0 Å². The normalized spacial score (nSPS) is 20.0. The molecule has 1 heterocycles. The maximum absolute atomic E-state index is 14.9. The number of nitrogens with zero attached hydrogens (tertiary/aromatic N) is 3. The van der Waals surface area contributed by atoms with Crippen LogP contribution < -0.4 is 4.90 Å². The molecule has 2 aromatic rings. The number of halogens is 6. The largest absolute Gasteiger partial charge is 0.417 e. The van der Waals surface area contributed by atoms with Crippen molar-refractivity contribution in [2.24, 2.45) is 5.92 Å². The third-order valence-corrected chi connectivity index (χ3v) is 12.5. The number of alkyl halides is 3. The van der Waals surface area contributed by atoms with Gasteiger partial charge in [-0.2, -0.15) is 18.2 Å². The zero-order chi connectivity index (χ0) is 24.9. The van der Waals surface area contributed by atoms with Crippen LogP contribution in [0.1, 0.15) is 45.6 Å². The first-order chi connectivity index (χ1) is 15.0. The molecule has 3 rings (SSSR count). The zero-order valence-electron chi connectivity index (χ0n) is 19.6. The van der Waals surface area contributed by atoms with Crippen molar-refractivity contribution in [3.05, 3.63) is 27.2 Å². The molecule has 0 bridgehead atoms. The Kier molecular flexibility index (Phi) is 7.45. The third-order valence-electron chi connectivity index (χ3n) is 7.04. The Labute approximate surface area is 206 Å². The van der Waals surface area contributed by atoms with E-state index in [1.807, 2.05) is 4.90 Å². The van der Waals surface area contributed by atoms with Crippen LogP contribution in [0.15, 0.2) is 10.5 Å². The SMILES string of the molecule is CN(c1nc(Cl)nc2c(F)c(Br)c(C(F)(F)F)cc12)[C@H]1CCC[C@@H]1CO[Si](C)(C)C(C)(C)C. The summed E-state index contributed by atoms with van der Waals surface area (Å²) in [5, 5.41) is -0.171. The molecule has 4 nitrogen and oxygen atoms in total. The minimum absolute atomic E-state index is 0.0223. The molecule has 1 saturated carbocycles. The topological polar surface area (TPSA) is 38.2 Å². The highest BCUT2D eigenvalue weighted by molar-refractivity contribution is 9.10. The first-order valence-corrected chi connectivity index (χ1v) is 14.9. The Morgan fingerprint density at radius 2 is 1.85 bits per heavy atom. The van der Waals surface area contributed by atoms with Crippen molar-refractivity contribution < 1.29 is 22.0 Å². The maximum Gasteiger partial charge on any atom is 0.417 e. The molecule has 0 unspecified atom stereocenters. The van der Waals surface area contributed by atoms with Gasteiger partial charge in [0.05, 0.1) is 10.0 Å². The van der Waals surface area contributed by atoms with E-state index in [0.29, 0.717) is 6.61 Å². The van der Waals surface area contributed by atoms with E-state index in [-0.39, 0.29) is 39.0 Å². The van der Waals surface area contributed by atoms with Gasteiger partial charge in [0, 0.05) is 31.0 Å². The molecule has 0 radical (unpaired) electrons. The minimum Gasteiger partial charge on any atom is -0.416 e. The van der Waals surface area contributed by atoms with Crippen molar-refractivity contribution in [2.75, 3.05) is 18.6 Å². The van der Waals surface area contributed by atoms with Gasteiger partial charge in [0.2, 0.25) is 5.28 Å². The molecule has 0 amide bonds. The number of benzene rings is 1. The van der Waals surface area contributed by atoms with Gasteiger partial charge in [-0.15, -0.1) is 0 Å². The highest BCUT2D eigenvalue weighted by atomic mass is 79.9. The molecule has 184 valence electrons. The van der Waals surface area contributed by atoms with Crippen LogP contribution in [0.2, 0.25) is 23.4 Å². The number of aromatic nitrogens is 2. The molecular weight excluding hydrogens is 542 g/mol. The van der Waals surface area contributed by atoms with Gasteiger partial charge >= 0.3 is 6.18 Å². The third kappa shape index (κ3) is 5.33. The monoisotopic (exact) mass is 569 g/mol. The lowest BCUT2D eigenvalue weighted by atomic mass is 10.0. The molecular formula is C22H29BrClF4N3OSi. The highest BCUT2D eigenvalue weighted by Gasteiger charge is 2.40. The van der Waals surface area contributed by atoms with Gasteiger partial charge < -0.3 is 9.33 Å². The van der Waals surface area contributed by atoms with Gasteiger partial charge in [0.15, 0.2) is 14.1 Å². The summed E-state index contributed by atoms with van der Waals surface area (Å²) in [6.45, 7) is 11.5. The van der Waals surface area contributed by atoms with Crippen molar-refractivity contribution in [1.82, 2.24) is 9.97 Å². The van der Waals surface area contributed by atoms with E-state index in [0.717, 1.165) is 25.3 Å². The fourth-order valence-electron chi connectivity index (χ4n) is 4.05. The van der Waals surface area contributed by atoms with Gasteiger partial charge in [-0.05, 0) is 64.6 Å². The average Bonchev–Trinajstić information content (AvgIpc) is 3.15. The van der Waals surface area contributed by atoms with E-state index in [9.17, 15) is 17.6 Å². The predicted molar refractivity (Wildman–Crippen MR) is 130 cm³/mol. The summed E-state index contributed by atoms with van der Waals surface area (Å²) in [6.07, 6.45) is -2.01. The van der Waals surface area contributed by atoms with Crippen LogP contribution in [0, 0.1) is 11.7 Å². The second-order valence-corrected chi connectivity index (χ2v) is 16.1. The molecule has 1 aromatic carbocycles. The lowest BCUT2D eigenvalue weighted by Gasteiger charge is -2.38. The van der Waals surface area contributed by atoms with Crippen molar-refractivity contribution in [2.45, 2.75) is 70.4 Å². The van der Waals surface area contributed by atoms with Gasteiger partial charge in [-0.3, -0.25) is 0 Å². The molecule has 11 heteroatoms. The maximum atomic E-state index is 14.9. The summed E-state index contributed by atoms with van der Waals surface area (Å²) in [5.74, 6) is -0.746. The predicted octanol–water partition coefficient (Wildman–Crippen LogP) is 7.83. The molecule has 1 aliphatic carbocycles. The summed E-state index contributed by atoms with van der Waals surface area (Å²) < 4.78 is 61.3. The van der Waals surface area contributed by atoms with E-state index in [1.54, 1.807) is 7.05 Å². The minimum atomic E-state index is -4.74. The summed E-state index contributed by atoms with van der Waals surface area (Å²) in [5.41, 5.74) is -1.36. The first kappa shape index (κ1) is 26.6. The fraction of sp³-hybridized carbons (Fsp3) is 0.636. The van der Waals surface area contributed by atoms with E-state index in [4.69, 9.17) is 16.0 Å². The summed E-state index contributed by atoms with van der Waals surface area (Å²) >= 11 is 8.79. The molecule has 1 aliphatic rings. The molecule has 1 aromatic heterocycles. The van der Waals surface area contributed by atoms with Crippen molar-refractivity contribution in [3.63, 3.8) is 0 Å². The van der Waals surface area contributed by atoms with E-state index in [2.05, 4.69) is 59.8 Å². The van der Waals surface area contributed by atoms with Gasteiger partial charge in [-0.25, -0.2) is 9.37 Å². The van der Waals surface area contributed by atoms with Crippen LogP contribution >= 0.6 is 27.5 Å². The molecule has 0 aliphatic heterocycles. The van der Waals surface area contributed by atoms with Crippen LogP contribution in [0.25, 0.3) is 10.9 Å². The number of hydrogen-bond donors (Lipinski definition) is 0. The highest BCUT2D eigenvalue weighted by Crippen LogP contribution is 2.43. The van der Waals surface area contributed by atoms with Crippen molar-refractivity contribution in [1.29, 1.82) is 0 Å². The van der Waals surface area contributed by atoms with E-state index < -0.39 is 30.3 Å². The lowest BCUT2D eigenvalue weighted by Crippen LogP contribution is -2.44. The molecule has 1 fully saturated rings.